The van der Waals surface area contributed by atoms with Crippen molar-refractivity contribution in [1.29, 1.82) is 0 Å². The molecule has 150 valence electrons. The van der Waals surface area contributed by atoms with E-state index in [2.05, 4.69) is 0 Å². The Hall–Kier alpha value is -3.32. The van der Waals surface area contributed by atoms with Crippen molar-refractivity contribution in [2.75, 3.05) is 18.5 Å². The Balaban J connectivity index is 1.75. The molecule has 0 fully saturated rings. The van der Waals surface area contributed by atoms with Crippen molar-refractivity contribution in [3.05, 3.63) is 90.0 Å². The second kappa shape index (κ2) is 8.79. The van der Waals surface area contributed by atoms with Gasteiger partial charge in [-0.2, -0.15) is 0 Å². The summed E-state index contributed by atoms with van der Waals surface area (Å²) in [7, 11) is -0.886. The molecule has 0 radical (unpaired) electrons. The van der Waals surface area contributed by atoms with E-state index in [0.29, 0.717) is 11.4 Å². The average molecular weight is 411 g/mol. The Kier molecular flexibility index (Phi) is 6.19. The molecule has 3 aromatic carbocycles. The van der Waals surface area contributed by atoms with Crippen LogP contribution in [0, 0.1) is 0 Å². The quantitative estimate of drug-likeness (QED) is 0.552. The van der Waals surface area contributed by atoms with E-state index in [1.54, 1.807) is 24.3 Å². The maximum absolute atomic E-state index is 12.9. The number of anilines is 1. The molecule has 0 saturated heterocycles. The number of esters is 1. The smallest absolute Gasteiger partial charge is 0.338 e. The van der Waals surface area contributed by atoms with E-state index in [1.165, 1.54) is 38.4 Å². The lowest BCUT2D eigenvalue weighted by Crippen LogP contribution is -2.27. The van der Waals surface area contributed by atoms with Gasteiger partial charge in [-0.3, -0.25) is 4.31 Å². The minimum Gasteiger partial charge on any atom is -0.495 e. The summed E-state index contributed by atoms with van der Waals surface area (Å²) in [6.45, 7) is 0.149. The Labute approximate surface area is 170 Å². The highest BCUT2D eigenvalue weighted by Crippen LogP contribution is 2.30. The Morgan fingerprint density at radius 1 is 0.897 bits per heavy atom. The van der Waals surface area contributed by atoms with Crippen molar-refractivity contribution in [3.8, 4) is 5.75 Å². The maximum atomic E-state index is 12.9. The number of nitrogens with zero attached hydrogens (tertiary/aromatic N) is 1. The zero-order valence-electron chi connectivity index (χ0n) is 16.1. The van der Waals surface area contributed by atoms with Crippen LogP contribution in [-0.2, 0) is 21.4 Å². The number of hydrogen-bond acceptors (Lipinski definition) is 5. The number of methoxy groups -OCH3 is 1. The molecule has 29 heavy (non-hydrogen) atoms. The molecule has 6 nitrogen and oxygen atoms in total. The second-order valence-electron chi connectivity index (χ2n) is 6.23. The molecule has 0 amide bonds. The van der Waals surface area contributed by atoms with Crippen molar-refractivity contribution in [3.63, 3.8) is 0 Å². The van der Waals surface area contributed by atoms with Crippen molar-refractivity contribution in [2.24, 2.45) is 0 Å². The van der Waals surface area contributed by atoms with Gasteiger partial charge >= 0.3 is 5.97 Å². The van der Waals surface area contributed by atoms with Gasteiger partial charge in [0.1, 0.15) is 12.4 Å². The first-order chi connectivity index (χ1) is 13.9. The van der Waals surface area contributed by atoms with Crippen molar-refractivity contribution in [1.82, 2.24) is 0 Å². The summed E-state index contributed by atoms with van der Waals surface area (Å²) in [5, 5.41) is 0. The fourth-order valence-corrected chi connectivity index (χ4v) is 3.95. The third kappa shape index (κ3) is 4.57. The van der Waals surface area contributed by atoms with E-state index in [4.69, 9.17) is 9.47 Å². The van der Waals surface area contributed by atoms with Crippen LogP contribution in [0.4, 0.5) is 5.69 Å². The van der Waals surface area contributed by atoms with E-state index in [1.807, 2.05) is 30.3 Å². The van der Waals surface area contributed by atoms with Crippen LogP contribution in [0.5, 0.6) is 5.75 Å². The number of hydrogen-bond donors (Lipinski definition) is 0. The summed E-state index contributed by atoms with van der Waals surface area (Å²) < 4.78 is 37.6. The molecule has 0 atom stereocenters. The normalized spacial score (nSPS) is 11.0. The molecule has 7 heteroatoms. The lowest BCUT2D eigenvalue weighted by Gasteiger charge is -2.21. The van der Waals surface area contributed by atoms with Crippen LogP contribution >= 0.6 is 0 Å². The number of benzene rings is 3. The van der Waals surface area contributed by atoms with Gasteiger partial charge in [0.25, 0.3) is 10.0 Å². The minimum atomic E-state index is -3.82. The molecule has 0 spiro atoms. The standard InChI is InChI=1S/C22H21NO5S/c1-23(20-10-6-7-11-21(20)27-2)29(25,26)19-14-12-18(13-15-19)22(24)28-16-17-8-4-3-5-9-17/h3-15H,16H2,1-2H3. The molecule has 0 aromatic heterocycles. The predicted molar refractivity (Wildman–Crippen MR) is 111 cm³/mol. The fourth-order valence-electron chi connectivity index (χ4n) is 2.75. The lowest BCUT2D eigenvalue weighted by atomic mass is 10.2. The van der Waals surface area contributed by atoms with Gasteiger partial charge in [-0.15, -0.1) is 0 Å². The minimum absolute atomic E-state index is 0.0607. The number of ether oxygens (including phenoxy) is 2. The van der Waals surface area contributed by atoms with Gasteiger partial charge in [0.05, 0.1) is 23.3 Å². The monoisotopic (exact) mass is 411 g/mol. The summed E-state index contributed by atoms with van der Waals surface area (Å²) in [5.41, 5.74) is 1.57. The van der Waals surface area contributed by atoms with Crippen LogP contribution < -0.4 is 9.04 Å². The molecular weight excluding hydrogens is 390 g/mol. The molecule has 0 N–H and O–H groups in total. The fraction of sp³-hybridized carbons (Fsp3) is 0.136. The van der Waals surface area contributed by atoms with E-state index in [0.717, 1.165) is 9.87 Å². The lowest BCUT2D eigenvalue weighted by molar-refractivity contribution is 0.0472. The molecule has 3 rings (SSSR count). The molecule has 0 aliphatic heterocycles. The number of sulfonamides is 1. The van der Waals surface area contributed by atoms with Gasteiger partial charge in [-0.1, -0.05) is 42.5 Å². The zero-order chi connectivity index (χ0) is 20.9. The summed E-state index contributed by atoms with van der Waals surface area (Å²) in [6.07, 6.45) is 0. The molecule has 0 saturated carbocycles. The van der Waals surface area contributed by atoms with Gasteiger partial charge in [0.2, 0.25) is 0 Å². The largest absolute Gasteiger partial charge is 0.495 e. The molecule has 0 aliphatic rings. The topological polar surface area (TPSA) is 72.9 Å². The van der Waals surface area contributed by atoms with Crippen molar-refractivity contribution in [2.45, 2.75) is 11.5 Å². The number of rotatable bonds is 7. The first-order valence-electron chi connectivity index (χ1n) is 8.86. The van der Waals surface area contributed by atoms with Gasteiger partial charge in [-0.05, 0) is 42.0 Å². The van der Waals surface area contributed by atoms with Crippen LogP contribution in [0.1, 0.15) is 15.9 Å². The van der Waals surface area contributed by atoms with E-state index in [-0.39, 0.29) is 17.1 Å². The summed E-state index contributed by atoms with van der Waals surface area (Å²) in [4.78, 5) is 12.3. The second-order valence-corrected chi connectivity index (χ2v) is 8.20. The first kappa shape index (κ1) is 20.4. The summed E-state index contributed by atoms with van der Waals surface area (Å²) in [6, 6.07) is 21.8. The number of para-hydroxylation sites is 2. The number of carbonyl (C=O) groups is 1. The van der Waals surface area contributed by atoms with E-state index >= 15 is 0 Å². The van der Waals surface area contributed by atoms with E-state index < -0.39 is 16.0 Å². The third-order valence-corrected chi connectivity index (χ3v) is 6.17. The predicted octanol–water partition coefficient (Wildman–Crippen LogP) is 3.88. The van der Waals surface area contributed by atoms with Gasteiger partial charge in [-0.25, -0.2) is 13.2 Å². The first-order valence-corrected chi connectivity index (χ1v) is 10.3. The van der Waals surface area contributed by atoms with Crippen molar-refractivity contribution < 1.29 is 22.7 Å². The van der Waals surface area contributed by atoms with Gasteiger partial charge < -0.3 is 9.47 Å². The molecule has 0 aliphatic carbocycles. The third-order valence-electron chi connectivity index (χ3n) is 4.39. The Bertz CT molecular complexity index is 1080. The van der Waals surface area contributed by atoms with Gasteiger partial charge in [0.15, 0.2) is 0 Å². The SMILES string of the molecule is COc1ccccc1N(C)S(=O)(=O)c1ccc(C(=O)OCc2ccccc2)cc1. The molecule has 0 heterocycles. The highest BCUT2D eigenvalue weighted by Gasteiger charge is 2.24. The van der Waals surface area contributed by atoms with Crippen LogP contribution in [0.3, 0.4) is 0 Å². The zero-order valence-corrected chi connectivity index (χ0v) is 16.9. The highest BCUT2D eigenvalue weighted by atomic mass is 32.2. The number of carbonyl (C=O) groups excluding carboxylic acids is 1. The Morgan fingerprint density at radius 3 is 2.17 bits per heavy atom. The Morgan fingerprint density at radius 2 is 1.52 bits per heavy atom. The maximum Gasteiger partial charge on any atom is 0.338 e. The van der Waals surface area contributed by atoms with Crippen LogP contribution in [0.25, 0.3) is 0 Å². The summed E-state index contributed by atoms with van der Waals surface area (Å²) >= 11 is 0. The average Bonchev–Trinajstić information content (AvgIpc) is 2.77. The molecule has 0 unspecified atom stereocenters. The van der Waals surface area contributed by atoms with Gasteiger partial charge in [0, 0.05) is 7.05 Å². The highest BCUT2D eigenvalue weighted by molar-refractivity contribution is 7.92. The molecule has 3 aromatic rings. The van der Waals surface area contributed by atoms with Crippen LogP contribution in [-0.4, -0.2) is 28.5 Å². The van der Waals surface area contributed by atoms with E-state index in [9.17, 15) is 13.2 Å². The summed E-state index contributed by atoms with van der Waals surface area (Å²) in [5.74, 6) is -0.0735. The molecule has 0 bridgehead atoms. The van der Waals surface area contributed by atoms with Crippen LogP contribution in [0.2, 0.25) is 0 Å². The molecular formula is C22H21NO5S. The van der Waals surface area contributed by atoms with Crippen molar-refractivity contribution >= 4 is 21.7 Å². The van der Waals surface area contributed by atoms with Crippen LogP contribution in [0.15, 0.2) is 83.8 Å².